The number of anilines is 1. The topological polar surface area (TPSA) is 46.1 Å². The molecule has 1 aliphatic heterocycles. The van der Waals surface area contributed by atoms with E-state index in [1.54, 1.807) is 23.2 Å². The molecule has 0 aliphatic carbocycles. The molecular weight excluding hydrogens is 367 g/mol. The van der Waals surface area contributed by atoms with Gasteiger partial charge in [0.1, 0.15) is 0 Å². The number of benzene rings is 1. The van der Waals surface area contributed by atoms with Gasteiger partial charge in [-0.2, -0.15) is 13.2 Å². The molecule has 0 fully saturated rings. The van der Waals surface area contributed by atoms with Gasteiger partial charge in [-0.1, -0.05) is 18.2 Å². The van der Waals surface area contributed by atoms with Crippen LogP contribution < -0.4 is 4.90 Å². The predicted molar refractivity (Wildman–Crippen MR) is 98.5 cm³/mol. The molecule has 0 N–H and O–H groups in total. The van der Waals surface area contributed by atoms with E-state index in [2.05, 4.69) is 9.97 Å². The number of alkyl halides is 3. The lowest BCUT2D eigenvalue weighted by Crippen LogP contribution is -2.26. The summed E-state index contributed by atoms with van der Waals surface area (Å²) >= 11 is 0. The number of aromatic nitrogens is 2. The van der Waals surface area contributed by atoms with Gasteiger partial charge in [-0.05, 0) is 42.3 Å². The molecule has 7 heteroatoms. The van der Waals surface area contributed by atoms with E-state index >= 15 is 0 Å². The van der Waals surface area contributed by atoms with E-state index in [-0.39, 0.29) is 12.3 Å². The average Bonchev–Trinajstić information content (AvgIpc) is 2.97. The highest BCUT2D eigenvalue weighted by Gasteiger charge is 2.31. The molecule has 4 nitrogen and oxygen atoms in total. The summed E-state index contributed by atoms with van der Waals surface area (Å²) in [6.45, 7) is 2.22. The number of halogens is 3. The lowest BCUT2D eigenvalue weighted by molar-refractivity contribution is -0.137. The van der Waals surface area contributed by atoms with Crippen LogP contribution in [-0.4, -0.2) is 15.9 Å². The van der Waals surface area contributed by atoms with Crippen molar-refractivity contribution in [3.05, 3.63) is 77.4 Å². The van der Waals surface area contributed by atoms with Crippen LogP contribution in [0.5, 0.6) is 0 Å². The Morgan fingerprint density at radius 2 is 1.86 bits per heavy atom. The standard InChI is InChI=1S/C21H16F3N3O/c1-13-5-6-14(10-25-13)12-27-19-8-16(11-26-18(19)9-20(27)28)15-3-2-4-17(7-15)21(22,23)24/h2-8,10-11H,9,12H2,1H3. The van der Waals surface area contributed by atoms with Crippen molar-refractivity contribution in [3.8, 4) is 11.1 Å². The van der Waals surface area contributed by atoms with E-state index in [9.17, 15) is 18.0 Å². The average molecular weight is 383 g/mol. The van der Waals surface area contributed by atoms with Gasteiger partial charge < -0.3 is 4.90 Å². The molecule has 3 heterocycles. The van der Waals surface area contributed by atoms with Gasteiger partial charge in [0, 0.05) is 23.7 Å². The number of amides is 1. The number of pyridine rings is 2. The third-order valence-corrected chi connectivity index (χ3v) is 4.69. The van der Waals surface area contributed by atoms with Gasteiger partial charge in [-0.3, -0.25) is 14.8 Å². The van der Waals surface area contributed by atoms with Crippen molar-refractivity contribution < 1.29 is 18.0 Å². The minimum Gasteiger partial charge on any atom is -0.306 e. The molecule has 0 radical (unpaired) electrons. The SMILES string of the molecule is Cc1ccc(CN2C(=O)Cc3ncc(-c4cccc(C(F)(F)F)c4)cc32)cn1. The highest BCUT2D eigenvalue weighted by Crippen LogP contribution is 2.35. The van der Waals surface area contributed by atoms with Gasteiger partial charge in [0.05, 0.1) is 29.9 Å². The van der Waals surface area contributed by atoms with Gasteiger partial charge in [-0.25, -0.2) is 0 Å². The first-order valence-corrected chi connectivity index (χ1v) is 8.70. The van der Waals surface area contributed by atoms with E-state index < -0.39 is 11.7 Å². The van der Waals surface area contributed by atoms with Gasteiger partial charge >= 0.3 is 6.18 Å². The fourth-order valence-corrected chi connectivity index (χ4v) is 3.21. The Labute approximate surface area is 159 Å². The van der Waals surface area contributed by atoms with Crippen molar-refractivity contribution in [3.63, 3.8) is 0 Å². The summed E-state index contributed by atoms with van der Waals surface area (Å²) in [6, 6.07) is 10.6. The van der Waals surface area contributed by atoms with Gasteiger partial charge in [0.25, 0.3) is 0 Å². The van der Waals surface area contributed by atoms with Crippen LogP contribution in [0.25, 0.3) is 11.1 Å². The number of aryl methyl sites for hydroxylation is 1. The molecule has 0 unspecified atom stereocenters. The summed E-state index contributed by atoms with van der Waals surface area (Å²) in [4.78, 5) is 22.6. The number of hydrogen-bond acceptors (Lipinski definition) is 3. The molecular formula is C21H16F3N3O. The van der Waals surface area contributed by atoms with Crippen LogP contribution in [0.2, 0.25) is 0 Å². The predicted octanol–water partition coefficient (Wildman–Crippen LogP) is 4.56. The van der Waals surface area contributed by atoms with Crippen LogP contribution >= 0.6 is 0 Å². The fraction of sp³-hybridized carbons (Fsp3) is 0.190. The van der Waals surface area contributed by atoms with Gasteiger partial charge in [-0.15, -0.1) is 0 Å². The van der Waals surface area contributed by atoms with Crippen LogP contribution in [-0.2, 0) is 23.9 Å². The molecule has 28 heavy (non-hydrogen) atoms. The Hall–Kier alpha value is -3.22. The maximum absolute atomic E-state index is 13.0. The van der Waals surface area contributed by atoms with Crippen LogP contribution in [0.1, 0.15) is 22.5 Å². The molecule has 0 spiro atoms. The lowest BCUT2D eigenvalue weighted by Gasteiger charge is -2.18. The van der Waals surface area contributed by atoms with E-state index in [0.29, 0.717) is 29.1 Å². The second kappa shape index (κ2) is 6.74. The smallest absolute Gasteiger partial charge is 0.306 e. The van der Waals surface area contributed by atoms with E-state index in [0.717, 1.165) is 23.4 Å². The number of rotatable bonds is 3. The number of hydrogen-bond donors (Lipinski definition) is 0. The second-order valence-electron chi connectivity index (χ2n) is 6.73. The summed E-state index contributed by atoms with van der Waals surface area (Å²) in [7, 11) is 0. The minimum absolute atomic E-state index is 0.0933. The lowest BCUT2D eigenvalue weighted by atomic mass is 10.0. The van der Waals surface area contributed by atoms with Crippen molar-refractivity contribution in [1.29, 1.82) is 0 Å². The first-order chi connectivity index (χ1) is 13.3. The third kappa shape index (κ3) is 3.47. The molecule has 2 aromatic heterocycles. The van der Waals surface area contributed by atoms with Crippen molar-refractivity contribution in [1.82, 2.24) is 9.97 Å². The first kappa shape index (κ1) is 18.2. The van der Waals surface area contributed by atoms with Crippen LogP contribution in [0.3, 0.4) is 0 Å². The third-order valence-electron chi connectivity index (χ3n) is 4.69. The fourth-order valence-electron chi connectivity index (χ4n) is 3.21. The normalized spacial score (nSPS) is 13.7. The van der Waals surface area contributed by atoms with E-state index in [1.807, 2.05) is 19.1 Å². The summed E-state index contributed by atoms with van der Waals surface area (Å²) in [6.07, 6.45) is -1.01. The Morgan fingerprint density at radius 3 is 2.57 bits per heavy atom. The summed E-state index contributed by atoms with van der Waals surface area (Å²) < 4.78 is 39.0. The molecule has 0 atom stereocenters. The summed E-state index contributed by atoms with van der Waals surface area (Å²) in [5.74, 6) is -0.0933. The maximum Gasteiger partial charge on any atom is 0.416 e. The zero-order valence-corrected chi connectivity index (χ0v) is 15.0. The summed E-state index contributed by atoms with van der Waals surface area (Å²) in [5, 5.41) is 0. The van der Waals surface area contributed by atoms with Crippen molar-refractivity contribution in [2.24, 2.45) is 0 Å². The Kier molecular flexibility index (Phi) is 4.37. The quantitative estimate of drug-likeness (QED) is 0.666. The molecule has 3 aromatic rings. The minimum atomic E-state index is -4.42. The Bertz CT molecular complexity index is 1050. The Morgan fingerprint density at radius 1 is 1.04 bits per heavy atom. The molecule has 1 aliphatic rings. The highest BCUT2D eigenvalue weighted by molar-refractivity contribution is 6.01. The molecule has 142 valence electrons. The Balaban J connectivity index is 1.69. The van der Waals surface area contributed by atoms with Crippen molar-refractivity contribution in [2.45, 2.75) is 26.1 Å². The molecule has 0 saturated carbocycles. The second-order valence-corrected chi connectivity index (χ2v) is 6.73. The molecule has 0 saturated heterocycles. The van der Waals surface area contributed by atoms with Crippen LogP contribution in [0, 0.1) is 6.92 Å². The molecule has 1 aromatic carbocycles. The maximum atomic E-state index is 13.0. The zero-order chi connectivity index (χ0) is 19.9. The van der Waals surface area contributed by atoms with Gasteiger partial charge in [0.15, 0.2) is 0 Å². The molecule has 0 bridgehead atoms. The monoisotopic (exact) mass is 383 g/mol. The van der Waals surface area contributed by atoms with Crippen molar-refractivity contribution >= 4 is 11.6 Å². The number of carbonyl (C=O) groups is 1. The zero-order valence-electron chi connectivity index (χ0n) is 15.0. The number of nitrogens with zero attached hydrogens (tertiary/aromatic N) is 3. The highest BCUT2D eigenvalue weighted by atomic mass is 19.4. The number of fused-ring (bicyclic) bond motifs is 1. The van der Waals surface area contributed by atoms with Crippen LogP contribution in [0.15, 0.2) is 54.9 Å². The number of carbonyl (C=O) groups excluding carboxylic acids is 1. The molecule has 1 amide bonds. The van der Waals surface area contributed by atoms with Crippen LogP contribution in [0.4, 0.5) is 18.9 Å². The summed E-state index contributed by atoms with van der Waals surface area (Å²) in [5.41, 5.74) is 3.22. The largest absolute Gasteiger partial charge is 0.416 e. The van der Waals surface area contributed by atoms with Crippen molar-refractivity contribution in [2.75, 3.05) is 4.90 Å². The van der Waals surface area contributed by atoms with Gasteiger partial charge in [0.2, 0.25) is 5.91 Å². The van der Waals surface area contributed by atoms with E-state index in [4.69, 9.17) is 0 Å². The molecule has 4 rings (SSSR count). The first-order valence-electron chi connectivity index (χ1n) is 8.70. The van der Waals surface area contributed by atoms with E-state index in [1.165, 1.54) is 12.3 Å².